The van der Waals surface area contributed by atoms with Crippen molar-refractivity contribution in [3.8, 4) is 5.69 Å². The zero-order chi connectivity index (χ0) is 17.6. The molecule has 130 valence electrons. The van der Waals surface area contributed by atoms with Gasteiger partial charge in [-0.1, -0.05) is 24.8 Å². The summed E-state index contributed by atoms with van der Waals surface area (Å²) in [7, 11) is 2.09. The number of fused-ring (bicyclic) bond motifs is 3. The number of rotatable bonds is 3. The molecule has 2 aromatic heterocycles. The van der Waals surface area contributed by atoms with Crippen LogP contribution in [0.25, 0.3) is 15.9 Å². The maximum atomic E-state index is 13.7. The van der Waals surface area contributed by atoms with Gasteiger partial charge in [-0.15, -0.1) is 11.3 Å². The summed E-state index contributed by atoms with van der Waals surface area (Å²) < 4.78 is 15.3. The van der Waals surface area contributed by atoms with Gasteiger partial charge in [0.15, 0.2) is 5.16 Å². The highest BCUT2D eigenvalue weighted by Gasteiger charge is 2.24. The van der Waals surface area contributed by atoms with E-state index in [2.05, 4.69) is 11.9 Å². The average Bonchev–Trinajstić information content (AvgIpc) is 2.92. The zero-order valence-corrected chi connectivity index (χ0v) is 15.7. The van der Waals surface area contributed by atoms with Crippen molar-refractivity contribution in [2.75, 3.05) is 19.3 Å². The Bertz CT molecular complexity index is 1010. The fraction of sp³-hybridized carbons (Fsp3) is 0.333. The highest BCUT2D eigenvalue weighted by atomic mass is 32.2. The molecule has 0 fully saturated rings. The number of thioether (sulfide) groups is 1. The zero-order valence-electron chi connectivity index (χ0n) is 14.1. The molecule has 25 heavy (non-hydrogen) atoms. The average molecular weight is 375 g/mol. The molecule has 7 heteroatoms. The lowest BCUT2D eigenvalue weighted by molar-refractivity contribution is 0.318. The largest absolute Gasteiger partial charge is 0.301 e. The van der Waals surface area contributed by atoms with E-state index in [1.54, 1.807) is 28.0 Å². The Balaban J connectivity index is 2.02. The van der Waals surface area contributed by atoms with Gasteiger partial charge in [-0.25, -0.2) is 9.37 Å². The van der Waals surface area contributed by atoms with Crippen LogP contribution < -0.4 is 5.56 Å². The monoisotopic (exact) mass is 375 g/mol. The molecule has 0 spiro atoms. The topological polar surface area (TPSA) is 38.1 Å². The maximum Gasteiger partial charge on any atom is 0.267 e. The van der Waals surface area contributed by atoms with Crippen LogP contribution in [0.3, 0.4) is 0 Å². The first-order chi connectivity index (χ1) is 12.1. The second-order valence-corrected chi connectivity index (χ2v) is 8.43. The van der Waals surface area contributed by atoms with Crippen LogP contribution in [0.1, 0.15) is 17.4 Å². The van der Waals surface area contributed by atoms with Crippen molar-refractivity contribution in [3.05, 3.63) is 50.9 Å². The molecule has 0 atom stereocenters. The highest BCUT2D eigenvalue weighted by Crippen LogP contribution is 2.33. The Morgan fingerprint density at radius 3 is 3.00 bits per heavy atom. The van der Waals surface area contributed by atoms with E-state index in [1.165, 1.54) is 28.8 Å². The molecule has 0 amide bonds. The number of benzene rings is 1. The van der Waals surface area contributed by atoms with Crippen molar-refractivity contribution >= 4 is 33.3 Å². The molecule has 1 aliphatic heterocycles. The predicted octanol–water partition coefficient (Wildman–Crippen LogP) is 3.69. The van der Waals surface area contributed by atoms with Crippen LogP contribution in [-0.2, 0) is 13.0 Å². The molecular weight excluding hydrogens is 357 g/mol. The van der Waals surface area contributed by atoms with Crippen molar-refractivity contribution in [2.45, 2.75) is 25.0 Å². The standard InChI is InChI=1S/C18H18FN3OS2/c1-3-24-18-20-16-15(13-7-8-21(2)10-14(13)25-16)17(23)22(18)12-6-4-5-11(19)9-12/h4-6,9H,3,7-8,10H2,1-2H3. The minimum absolute atomic E-state index is 0.0893. The van der Waals surface area contributed by atoms with Gasteiger partial charge in [0.05, 0.1) is 11.1 Å². The van der Waals surface area contributed by atoms with E-state index in [1.807, 2.05) is 6.92 Å². The van der Waals surface area contributed by atoms with E-state index in [0.29, 0.717) is 16.2 Å². The first kappa shape index (κ1) is 16.8. The van der Waals surface area contributed by atoms with Gasteiger partial charge in [0.25, 0.3) is 5.56 Å². The Morgan fingerprint density at radius 2 is 2.24 bits per heavy atom. The van der Waals surface area contributed by atoms with Crippen molar-refractivity contribution in [1.29, 1.82) is 0 Å². The van der Waals surface area contributed by atoms with Gasteiger partial charge in [0, 0.05) is 18.0 Å². The molecule has 4 rings (SSSR count). The summed E-state index contributed by atoms with van der Waals surface area (Å²) in [6.45, 7) is 3.81. The maximum absolute atomic E-state index is 13.7. The summed E-state index contributed by atoms with van der Waals surface area (Å²) in [5, 5.41) is 1.33. The third-order valence-corrected chi connectivity index (χ3v) is 6.31. The molecule has 0 saturated heterocycles. The summed E-state index contributed by atoms with van der Waals surface area (Å²) in [4.78, 5) is 22.4. The normalized spacial score (nSPS) is 14.8. The predicted molar refractivity (Wildman–Crippen MR) is 102 cm³/mol. The van der Waals surface area contributed by atoms with Gasteiger partial charge in [-0.3, -0.25) is 9.36 Å². The third-order valence-electron chi connectivity index (χ3n) is 4.37. The van der Waals surface area contributed by atoms with Crippen LogP contribution in [-0.4, -0.2) is 33.8 Å². The van der Waals surface area contributed by atoms with Gasteiger partial charge >= 0.3 is 0 Å². The minimum atomic E-state index is -0.356. The number of hydrogen-bond acceptors (Lipinski definition) is 5. The van der Waals surface area contributed by atoms with E-state index in [9.17, 15) is 9.18 Å². The number of halogens is 1. The molecule has 3 heterocycles. The lowest BCUT2D eigenvalue weighted by Crippen LogP contribution is -2.27. The Labute approximate surface area is 153 Å². The van der Waals surface area contributed by atoms with Crippen LogP contribution in [0.15, 0.2) is 34.2 Å². The molecule has 0 saturated carbocycles. The van der Waals surface area contributed by atoms with E-state index >= 15 is 0 Å². The number of thiophene rings is 1. The molecule has 0 N–H and O–H groups in total. The van der Waals surface area contributed by atoms with Crippen LogP contribution in [0.5, 0.6) is 0 Å². The fourth-order valence-corrected chi connectivity index (χ4v) is 5.30. The molecule has 1 aliphatic rings. The van der Waals surface area contributed by atoms with Crippen LogP contribution in [0.2, 0.25) is 0 Å². The van der Waals surface area contributed by atoms with Crippen LogP contribution in [0.4, 0.5) is 4.39 Å². The van der Waals surface area contributed by atoms with Crippen molar-refractivity contribution < 1.29 is 4.39 Å². The van der Waals surface area contributed by atoms with E-state index in [4.69, 9.17) is 4.98 Å². The van der Waals surface area contributed by atoms with Crippen LogP contribution in [0, 0.1) is 5.82 Å². The molecule has 0 aliphatic carbocycles. The quantitative estimate of drug-likeness (QED) is 0.517. The Morgan fingerprint density at radius 1 is 1.40 bits per heavy atom. The van der Waals surface area contributed by atoms with Gasteiger partial charge in [-0.05, 0) is 43.0 Å². The van der Waals surface area contributed by atoms with E-state index in [0.717, 1.165) is 35.7 Å². The Kier molecular flexibility index (Phi) is 4.39. The molecule has 0 radical (unpaired) electrons. The lowest BCUT2D eigenvalue weighted by Gasteiger charge is -2.21. The van der Waals surface area contributed by atoms with Crippen molar-refractivity contribution in [3.63, 3.8) is 0 Å². The molecule has 4 nitrogen and oxygen atoms in total. The lowest BCUT2D eigenvalue weighted by atomic mass is 10.1. The Hall–Kier alpha value is -1.70. The van der Waals surface area contributed by atoms with Crippen molar-refractivity contribution in [2.24, 2.45) is 0 Å². The first-order valence-corrected chi connectivity index (χ1v) is 10.0. The van der Waals surface area contributed by atoms with E-state index < -0.39 is 0 Å². The number of likely N-dealkylation sites (N-methyl/N-ethyl adjacent to an activating group) is 1. The first-order valence-electron chi connectivity index (χ1n) is 8.23. The van der Waals surface area contributed by atoms with Gasteiger partial charge in [0.2, 0.25) is 0 Å². The van der Waals surface area contributed by atoms with Gasteiger partial charge < -0.3 is 4.90 Å². The molecule has 3 aromatic rings. The van der Waals surface area contributed by atoms with E-state index in [-0.39, 0.29) is 11.4 Å². The van der Waals surface area contributed by atoms with Crippen molar-refractivity contribution in [1.82, 2.24) is 14.5 Å². The summed E-state index contributed by atoms with van der Waals surface area (Å²) in [5.74, 6) is 0.437. The number of hydrogen-bond donors (Lipinski definition) is 0. The molecule has 1 aromatic carbocycles. The summed E-state index contributed by atoms with van der Waals surface area (Å²) in [6.07, 6.45) is 0.853. The third kappa shape index (κ3) is 2.90. The number of aromatic nitrogens is 2. The smallest absolute Gasteiger partial charge is 0.267 e. The number of nitrogens with zero attached hydrogens (tertiary/aromatic N) is 3. The summed E-state index contributed by atoms with van der Waals surface area (Å²) in [6, 6.07) is 6.15. The van der Waals surface area contributed by atoms with Crippen LogP contribution >= 0.6 is 23.1 Å². The summed E-state index contributed by atoms with van der Waals surface area (Å²) in [5.41, 5.74) is 1.56. The molecular formula is C18H18FN3OS2. The minimum Gasteiger partial charge on any atom is -0.301 e. The van der Waals surface area contributed by atoms with Gasteiger partial charge in [-0.2, -0.15) is 0 Å². The molecule has 0 bridgehead atoms. The highest BCUT2D eigenvalue weighted by molar-refractivity contribution is 7.99. The fourth-order valence-electron chi connectivity index (χ4n) is 3.22. The SMILES string of the molecule is CCSc1nc2sc3c(c2c(=O)n1-c1cccc(F)c1)CCN(C)C3. The summed E-state index contributed by atoms with van der Waals surface area (Å²) >= 11 is 3.11. The second-order valence-electron chi connectivity index (χ2n) is 6.12. The van der Waals surface area contributed by atoms with Gasteiger partial charge in [0.1, 0.15) is 10.6 Å². The molecule has 0 unspecified atom stereocenters. The second kappa shape index (κ2) is 6.55.